The first kappa shape index (κ1) is 10.8. The van der Waals surface area contributed by atoms with Crippen LogP contribution in [0.25, 0.3) is 0 Å². The molecule has 1 aliphatic heterocycles. The number of anilines is 1. The van der Waals surface area contributed by atoms with Gasteiger partial charge in [-0.05, 0) is 44.6 Å². The molecular weight excluding hydrogens is 208 g/mol. The van der Waals surface area contributed by atoms with Crippen LogP contribution in [-0.4, -0.2) is 31.6 Å². The van der Waals surface area contributed by atoms with Crippen LogP contribution in [0.15, 0.2) is 12.1 Å². The molecule has 1 unspecified atom stereocenters. The second-order valence-corrected chi connectivity index (χ2v) is 4.92. The van der Waals surface area contributed by atoms with Gasteiger partial charge in [-0.15, -0.1) is 0 Å². The Hall–Kier alpha value is -0.730. The van der Waals surface area contributed by atoms with E-state index in [1.165, 1.54) is 16.8 Å². The molecule has 0 aromatic heterocycles. The van der Waals surface area contributed by atoms with Crippen LogP contribution < -0.4 is 5.32 Å². The number of nitrogens with one attached hydrogen (secondary N) is 1. The normalized spacial score (nSPS) is 19.1. The summed E-state index contributed by atoms with van der Waals surface area (Å²) in [4.78, 5) is 2.21. The molecule has 0 saturated heterocycles. The molecule has 1 aliphatic rings. The standard InChI is InChI=1S/C12H17ClN2/c1-8-11(13)5-4-9-6-10(7-15(2)3)14-12(8)9/h4-5,10,14H,6-7H2,1-3H3. The van der Waals surface area contributed by atoms with Crippen molar-refractivity contribution in [3.63, 3.8) is 0 Å². The lowest BCUT2D eigenvalue weighted by Crippen LogP contribution is -2.30. The minimum absolute atomic E-state index is 0.521. The van der Waals surface area contributed by atoms with Crippen molar-refractivity contribution in [1.82, 2.24) is 4.90 Å². The zero-order chi connectivity index (χ0) is 11.0. The van der Waals surface area contributed by atoms with Crippen molar-refractivity contribution in [3.8, 4) is 0 Å². The molecule has 0 fully saturated rings. The summed E-state index contributed by atoms with van der Waals surface area (Å²) in [5.41, 5.74) is 3.81. The molecular formula is C12H17ClN2. The average Bonchev–Trinajstić information content (AvgIpc) is 2.54. The van der Waals surface area contributed by atoms with Gasteiger partial charge in [-0.3, -0.25) is 0 Å². The lowest BCUT2D eigenvalue weighted by atomic mass is 10.1. The second kappa shape index (κ2) is 4.03. The van der Waals surface area contributed by atoms with Crippen LogP contribution in [0.2, 0.25) is 5.02 Å². The summed E-state index contributed by atoms with van der Waals surface area (Å²) in [6.45, 7) is 3.14. The number of halogens is 1. The summed E-state index contributed by atoms with van der Waals surface area (Å²) in [5, 5.41) is 4.40. The predicted molar refractivity (Wildman–Crippen MR) is 65.9 cm³/mol. The quantitative estimate of drug-likeness (QED) is 0.831. The molecule has 0 amide bonds. The van der Waals surface area contributed by atoms with Gasteiger partial charge in [-0.2, -0.15) is 0 Å². The molecule has 1 heterocycles. The van der Waals surface area contributed by atoms with E-state index in [2.05, 4.69) is 37.3 Å². The summed E-state index contributed by atoms with van der Waals surface area (Å²) < 4.78 is 0. The highest BCUT2D eigenvalue weighted by molar-refractivity contribution is 6.31. The zero-order valence-electron chi connectivity index (χ0n) is 9.47. The van der Waals surface area contributed by atoms with Crippen molar-refractivity contribution in [2.75, 3.05) is 26.0 Å². The topological polar surface area (TPSA) is 15.3 Å². The fourth-order valence-corrected chi connectivity index (χ4v) is 2.34. The summed E-state index contributed by atoms with van der Waals surface area (Å²) >= 11 is 6.10. The van der Waals surface area contributed by atoms with Crippen molar-refractivity contribution >= 4 is 17.3 Å². The Morgan fingerprint density at radius 3 is 2.87 bits per heavy atom. The molecule has 1 N–H and O–H groups in total. The molecule has 1 aromatic carbocycles. The predicted octanol–water partition coefficient (Wildman–Crippen LogP) is 2.55. The summed E-state index contributed by atoms with van der Waals surface area (Å²) in [6.07, 6.45) is 1.10. The number of nitrogens with zero attached hydrogens (tertiary/aromatic N) is 1. The molecule has 0 bridgehead atoms. The maximum Gasteiger partial charge on any atom is 0.0455 e. The Kier molecular flexibility index (Phi) is 2.89. The molecule has 0 saturated carbocycles. The first-order valence-corrected chi connectivity index (χ1v) is 5.65. The van der Waals surface area contributed by atoms with Crippen molar-refractivity contribution < 1.29 is 0 Å². The Morgan fingerprint density at radius 1 is 1.47 bits per heavy atom. The van der Waals surface area contributed by atoms with Crippen molar-refractivity contribution in [2.45, 2.75) is 19.4 Å². The summed E-state index contributed by atoms with van der Waals surface area (Å²) in [6, 6.07) is 4.65. The van der Waals surface area contributed by atoms with E-state index >= 15 is 0 Å². The number of likely N-dealkylation sites (N-methyl/N-ethyl adjacent to an activating group) is 1. The van der Waals surface area contributed by atoms with Gasteiger partial charge in [0.05, 0.1) is 0 Å². The second-order valence-electron chi connectivity index (χ2n) is 4.51. The lowest BCUT2D eigenvalue weighted by Gasteiger charge is -2.17. The van der Waals surface area contributed by atoms with E-state index in [1.807, 2.05) is 6.07 Å². The molecule has 1 aromatic rings. The van der Waals surface area contributed by atoms with Gasteiger partial charge < -0.3 is 10.2 Å². The number of rotatable bonds is 2. The van der Waals surface area contributed by atoms with E-state index < -0.39 is 0 Å². The van der Waals surface area contributed by atoms with Crippen molar-refractivity contribution in [1.29, 1.82) is 0 Å². The third-order valence-electron chi connectivity index (χ3n) is 2.89. The van der Waals surface area contributed by atoms with Gasteiger partial charge in [0, 0.05) is 23.3 Å². The number of hydrogen-bond donors (Lipinski definition) is 1. The Labute approximate surface area is 96.2 Å². The molecule has 2 rings (SSSR count). The molecule has 0 spiro atoms. The van der Waals surface area contributed by atoms with Crippen LogP contribution in [0.5, 0.6) is 0 Å². The van der Waals surface area contributed by atoms with Gasteiger partial charge in [-0.1, -0.05) is 17.7 Å². The number of hydrogen-bond acceptors (Lipinski definition) is 2. The van der Waals surface area contributed by atoms with E-state index in [9.17, 15) is 0 Å². The maximum absolute atomic E-state index is 6.10. The highest BCUT2D eigenvalue weighted by Gasteiger charge is 2.22. The van der Waals surface area contributed by atoms with Crippen LogP contribution in [0.4, 0.5) is 5.69 Å². The lowest BCUT2D eigenvalue weighted by molar-refractivity contribution is 0.386. The largest absolute Gasteiger partial charge is 0.380 e. The van der Waals surface area contributed by atoms with E-state index in [0.29, 0.717) is 6.04 Å². The monoisotopic (exact) mass is 224 g/mol. The molecule has 0 aliphatic carbocycles. The highest BCUT2D eigenvalue weighted by atomic mass is 35.5. The van der Waals surface area contributed by atoms with Crippen LogP contribution in [-0.2, 0) is 6.42 Å². The van der Waals surface area contributed by atoms with Crippen LogP contribution >= 0.6 is 11.6 Å². The summed E-state index contributed by atoms with van der Waals surface area (Å²) in [7, 11) is 4.20. The minimum Gasteiger partial charge on any atom is -0.380 e. The maximum atomic E-state index is 6.10. The molecule has 2 nitrogen and oxygen atoms in total. The van der Waals surface area contributed by atoms with Gasteiger partial charge in [0.1, 0.15) is 0 Å². The highest BCUT2D eigenvalue weighted by Crippen LogP contribution is 2.33. The Morgan fingerprint density at radius 2 is 2.20 bits per heavy atom. The fourth-order valence-electron chi connectivity index (χ4n) is 2.18. The van der Waals surface area contributed by atoms with E-state index in [-0.39, 0.29) is 0 Å². The number of fused-ring (bicyclic) bond motifs is 1. The molecule has 15 heavy (non-hydrogen) atoms. The SMILES string of the molecule is Cc1c(Cl)ccc2c1NC(CN(C)C)C2. The Bertz CT molecular complexity index is 374. The smallest absolute Gasteiger partial charge is 0.0455 e. The Balaban J connectivity index is 2.20. The molecule has 82 valence electrons. The van der Waals surface area contributed by atoms with Crippen LogP contribution in [0, 0.1) is 6.92 Å². The van der Waals surface area contributed by atoms with Crippen molar-refractivity contribution in [2.24, 2.45) is 0 Å². The number of benzene rings is 1. The van der Waals surface area contributed by atoms with Gasteiger partial charge in [0.25, 0.3) is 0 Å². The van der Waals surface area contributed by atoms with Crippen molar-refractivity contribution in [3.05, 3.63) is 28.3 Å². The molecule has 0 radical (unpaired) electrons. The molecule has 1 atom stereocenters. The van der Waals surface area contributed by atoms with Gasteiger partial charge in [0.2, 0.25) is 0 Å². The third-order valence-corrected chi connectivity index (χ3v) is 3.29. The minimum atomic E-state index is 0.521. The van der Waals surface area contributed by atoms with E-state index in [1.54, 1.807) is 0 Å². The summed E-state index contributed by atoms with van der Waals surface area (Å²) in [5.74, 6) is 0. The van der Waals surface area contributed by atoms with E-state index in [4.69, 9.17) is 11.6 Å². The first-order valence-electron chi connectivity index (χ1n) is 5.27. The van der Waals surface area contributed by atoms with Gasteiger partial charge in [0.15, 0.2) is 0 Å². The third kappa shape index (κ3) is 2.11. The van der Waals surface area contributed by atoms with Crippen LogP contribution in [0.3, 0.4) is 0 Å². The fraction of sp³-hybridized carbons (Fsp3) is 0.500. The average molecular weight is 225 g/mol. The van der Waals surface area contributed by atoms with Crippen LogP contribution in [0.1, 0.15) is 11.1 Å². The van der Waals surface area contributed by atoms with E-state index in [0.717, 1.165) is 18.0 Å². The first-order chi connectivity index (χ1) is 7.08. The zero-order valence-corrected chi connectivity index (χ0v) is 10.2. The van der Waals surface area contributed by atoms with Gasteiger partial charge in [-0.25, -0.2) is 0 Å². The molecule has 3 heteroatoms. The van der Waals surface area contributed by atoms with Gasteiger partial charge >= 0.3 is 0 Å².